The molecule has 0 rings (SSSR count). The molecule has 0 bridgehead atoms. The highest BCUT2D eigenvalue weighted by Crippen LogP contribution is 2.25. The minimum atomic E-state index is -4.67. The summed E-state index contributed by atoms with van der Waals surface area (Å²) in [5.74, 6) is 0. The Labute approximate surface area is 117 Å². The van der Waals surface area contributed by atoms with E-state index in [9.17, 15) is 0 Å². The molecule has 0 aromatic heterocycles. The van der Waals surface area contributed by atoms with Gasteiger partial charge in [0.05, 0.1) is 0 Å². The van der Waals surface area contributed by atoms with Crippen LogP contribution in [0, 0.1) is 0 Å². The van der Waals surface area contributed by atoms with Crippen molar-refractivity contribution in [3.05, 3.63) is 0 Å². The van der Waals surface area contributed by atoms with E-state index in [-0.39, 0.29) is 61.4 Å². The van der Waals surface area contributed by atoms with E-state index in [1.165, 1.54) is 0 Å². The molecule has 15 nitrogen and oxygen atoms in total. The van der Waals surface area contributed by atoms with E-state index in [0.717, 1.165) is 0 Å². The van der Waals surface area contributed by atoms with Crippen molar-refractivity contribution in [1.82, 2.24) is 0 Å². The Morgan fingerprint density at radius 3 is 0.667 bits per heavy atom. The van der Waals surface area contributed by atoms with Crippen molar-refractivity contribution in [1.29, 1.82) is 0 Å². The van der Waals surface area contributed by atoms with Gasteiger partial charge < -0.3 is 53.0 Å². The molecule has 0 radical (unpaired) electrons. The van der Waals surface area contributed by atoms with Crippen LogP contribution >= 0.6 is 7.82 Å². The van der Waals surface area contributed by atoms with Crippen molar-refractivity contribution in [3.63, 3.8) is 0 Å². The molecule has 0 unspecified atom stereocenters. The van der Waals surface area contributed by atoms with Gasteiger partial charge in [-0.05, 0) is 0 Å². The molecule has 124 valence electrons. The van der Waals surface area contributed by atoms with E-state index in [1.807, 2.05) is 0 Å². The Morgan fingerprint density at radius 2 is 0.667 bits per heavy atom. The van der Waals surface area contributed by atoms with Gasteiger partial charge in [-0.25, -0.2) is 4.57 Å². The molecule has 0 spiro atoms. The molecule has 0 atom stereocenters. The summed E-state index contributed by atoms with van der Waals surface area (Å²) in [6.07, 6.45) is 0. The molecular weight excluding hydrogens is 327 g/mol. The van der Waals surface area contributed by atoms with Gasteiger partial charge >= 0.3 is 41.3 Å². The van der Waals surface area contributed by atoms with Crippen LogP contribution in [-0.2, 0) is 15.0 Å². The Kier molecular flexibility index (Phi) is 133. The first-order valence-corrected chi connectivity index (χ1v) is 4.44. The summed E-state index contributed by atoms with van der Waals surface area (Å²) in [7, 11) is -9.31. The molecular formula is H21MgO15PS. The molecule has 0 heterocycles. The summed E-state index contributed by atoms with van der Waals surface area (Å²) in [4.78, 5) is 21.6. The average Bonchev–Trinajstić information content (AvgIpc) is 1.12. The number of hydrogen-bond acceptors (Lipinski definition) is 3. The Hall–Kier alpha value is 0.466. The molecule has 0 aliphatic carbocycles. The van der Waals surface area contributed by atoms with Crippen LogP contribution in [-0.4, -0.2) is 93.6 Å². The minimum absolute atomic E-state index is 0. The van der Waals surface area contributed by atoms with Crippen LogP contribution in [0.15, 0.2) is 0 Å². The maximum atomic E-state index is 8.88. The van der Waals surface area contributed by atoms with E-state index in [1.54, 1.807) is 0 Å². The van der Waals surface area contributed by atoms with Gasteiger partial charge in [-0.3, -0.25) is 9.11 Å². The van der Waals surface area contributed by atoms with E-state index in [4.69, 9.17) is 36.8 Å². The lowest BCUT2D eigenvalue weighted by Gasteiger charge is -1.82. The van der Waals surface area contributed by atoms with Gasteiger partial charge in [-0.2, -0.15) is 8.42 Å². The quantitative estimate of drug-likeness (QED) is 0.158. The van der Waals surface area contributed by atoms with E-state index in [0.29, 0.717) is 0 Å². The number of phosphoric acid groups is 1. The van der Waals surface area contributed by atoms with Crippen LogP contribution in [0.4, 0.5) is 0 Å². The predicted octanol–water partition coefficient (Wildman–Crippen LogP) is -8.27. The Bertz CT molecular complexity index is 194. The zero-order valence-electron chi connectivity index (χ0n) is 7.82. The van der Waals surface area contributed by atoms with Gasteiger partial charge in [-0.1, -0.05) is 0 Å². The molecule has 0 saturated carbocycles. The van der Waals surface area contributed by atoms with Crippen LogP contribution in [0.1, 0.15) is 0 Å². The summed E-state index contributed by atoms with van der Waals surface area (Å²) < 4.78 is 40.5. The first-order valence-electron chi connectivity index (χ1n) is 1.48. The molecule has 0 aliphatic rings. The molecule has 0 aromatic rings. The highest BCUT2D eigenvalue weighted by molar-refractivity contribution is 7.79. The van der Waals surface area contributed by atoms with Crippen molar-refractivity contribution < 1.29 is 75.1 Å². The molecule has 0 amide bonds. The topological polar surface area (TPSA) is 373 Å². The van der Waals surface area contributed by atoms with Crippen molar-refractivity contribution >= 4 is 41.3 Å². The third kappa shape index (κ3) is 18100. The van der Waals surface area contributed by atoms with Gasteiger partial charge in [0.2, 0.25) is 0 Å². The van der Waals surface area contributed by atoms with Crippen LogP contribution in [0.2, 0.25) is 0 Å². The van der Waals surface area contributed by atoms with Gasteiger partial charge in [0.25, 0.3) is 0 Å². The molecule has 0 saturated heterocycles. The second-order valence-electron chi connectivity index (χ2n) is 0.961. The zero-order valence-corrected chi connectivity index (χ0v) is 9.53. The average molecular weight is 348 g/mol. The van der Waals surface area contributed by atoms with Gasteiger partial charge in [0.15, 0.2) is 0 Å². The maximum absolute atomic E-state index is 8.88. The van der Waals surface area contributed by atoms with Crippen LogP contribution < -0.4 is 0 Å². The second kappa shape index (κ2) is 30.5. The Morgan fingerprint density at radius 1 is 0.667 bits per heavy atom. The molecule has 19 N–H and O–H groups in total. The SMILES string of the molecule is O.O.O.O.O.O.O.O=P(O)(O)O.O=S(=O)(O)O.[MgH2]. The fourth-order valence-corrected chi connectivity index (χ4v) is 0. The number of rotatable bonds is 0. The molecule has 18 heteroatoms. The number of hydrogen-bond donors (Lipinski definition) is 5. The molecule has 0 fully saturated rings. The van der Waals surface area contributed by atoms with E-state index >= 15 is 0 Å². The van der Waals surface area contributed by atoms with Crippen LogP contribution in [0.3, 0.4) is 0 Å². The van der Waals surface area contributed by atoms with Gasteiger partial charge in [0, 0.05) is 0 Å². The standard InChI is InChI=1S/Mg.H3O4P.H2O4S.7H2O.2H/c;2*1-5(2,3)4;;;;;;;;;/h;(H3,1,2,3,4);(H2,1,2,3,4);7*1H2;;. The highest BCUT2D eigenvalue weighted by atomic mass is 32.3. The van der Waals surface area contributed by atoms with Crippen LogP contribution in [0.25, 0.3) is 0 Å². The predicted molar refractivity (Wildman–Crippen MR) is 62.3 cm³/mol. The monoisotopic (exact) mass is 348 g/mol. The third-order valence-corrected chi connectivity index (χ3v) is 0. The van der Waals surface area contributed by atoms with Crippen molar-refractivity contribution in [2.45, 2.75) is 0 Å². The largest absolute Gasteiger partial charge is 0.466 e. The van der Waals surface area contributed by atoms with Crippen molar-refractivity contribution in [2.75, 3.05) is 0 Å². The van der Waals surface area contributed by atoms with E-state index < -0.39 is 18.2 Å². The summed E-state index contributed by atoms with van der Waals surface area (Å²) in [5, 5.41) is 0. The first-order chi connectivity index (χ1) is 4.00. The second-order valence-corrected chi connectivity index (χ2v) is 2.88. The van der Waals surface area contributed by atoms with Crippen LogP contribution in [0.5, 0.6) is 0 Å². The first kappa shape index (κ1) is 78.6. The summed E-state index contributed by atoms with van der Waals surface area (Å²) in [6, 6.07) is 0. The van der Waals surface area contributed by atoms with E-state index in [2.05, 4.69) is 0 Å². The fraction of sp³-hybridized carbons (Fsp3) is 0. The zero-order chi connectivity index (χ0) is 9.00. The normalized spacial score (nSPS) is 6.50. The lowest BCUT2D eigenvalue weighted by molar-refractivity contribution is 0.275. The minimum Gasteiger partial charge on any atom is -0.412 e. The van der Waals surface area contributed by atoms with Gasteiger partial charge in [-0.15, -0.1) is 0 Å². The summed E-state index contributed by atoms with van der Waals surface area (Å²) in [6.45, 7) is 0. The smallest absolute Gasteiger partial charge is 0.412 e. The third-order valence-electron chi connectivity index (χ3n) is 0. The lowest BCUT2D eigenvalue weighted by atomic mass is 15.8. The summed E-state index contributed by atoms with van der Waals surface area (Å²) >= 11 is 0. The summed E-state index contributed by atoms with van der Waals surface area (Å²) in [5.41, 5.74) is 0. The molecule has 0 aliphatic heterocycles. The maximum Gasteiger partial charge on any atom is 0.466 e. The highest BCUT2D eigenvalue weighted by Gasteiger charge is 2.00. The van der Waals surface area contributed by atoms with Crippen molar-refractivity contribution in [3.8, 4) is 0 Å². The Balaban J connectivity index is -0.00000000615. The van der Waals surface area contributed by atoms with Crippen molar-refractivity contribution in [2.24, 2.45) is 0 Å². The molecule has 0 aromatic carbocycles. The fourth-order valence-electron chi connectivity index (χ4n) is 0. The lowest BCUT2D eigenvalue weighted by Crippen LogP contribution is -1.89. The molecule has 18 heavy (non-hydrogen) atoms. The van der Waals surface area contributed by atoms with Gasteiger partial charge in [0.1, 0.15) is 0 Å².